The minimum Gasteiger partial charge on any atom is -0.465 e. The van der Waals surface area contributed by atoms with E-state index >= 15 is 0 Å². The van der Waals surface area contributed by atoms with Crippen LogP contribution < -0.4 is 0 Å². The van der Waals surface area contributed by atoms with Gasteiger partial charge in [0.1, 0.15) is 0 Å². The van der Waals surface area contributed by atoms with Crippen molar-refractivity contribution in [1.29, 1.82) is 0 Å². The monoisotopic (exact) mass is 238 g/mol. The van der Waals surface area contributed by atoms with Gasteiger partial charge in [-0.2, -0.15) is 4.20 Å². The second-order valence-corrected chi connectivity index (χ2v) is 5.37. The Morgan fingerprint density at radius 1 is 1.58 bits per heavy atom. The van der Waals surface area contributed by atoms with Crippen molar-refractivity contribution in [3.63, 3.8) is 0 Å². The summed E-state index contributed by atoms with van der Waals surface area (Å²) in [4.78, 5) is 7.99. The van der Waals surface area contributed by atoms with Gasteiger partial charge in [0.25, 0.3) is 0 Å². The number of halogens is 3. The van der Waals surface area contributed by atoms with Crippen LogP contribution in [0.25, 0.3) is 0 Å². The van der Waals surface area contributed by atoms with Crippen LogP contribution in [0, 0.1) is 0 Å². The van der Waals surface area contributed by atoms with E-state index in [1.807, 2.05) is 0 Å². The van der Waals surface area contributed by atoms with Crippen LogP contribution in [-0.4, -0.2) is 25.0 Å². The van der Waals surface area contributed by atoms with Crippen LogP contribution in [-0.2, 0) is 18.8 Å². The van der Waals surface area contributed by atoms with Crippen molar-refractivity contribution in [3.8, 4) is 0 Å². The molecule has 0 saturated heterocycles. The molecule has 0 aromatic carbocycles. The van der Waals surface area contributed by atoms with Gasteiger partial charge in [-0.1, -0.05) is 11.6 Å². The van der Waals surface area contributed by atoms with E-state index in [1.54, 1.807) is 0 Å². The Bertz CT molecular complexity index is 229. The molecule has 0 aliphatic rings. The molecule has 0 heterocycles. The zero-order chi connectivity index (χ0) is 9.99. The minimum absolute atomic E-state index is 0.887. The van der Waals surface area contributed by atoms with Gasteiger partial charge < -0.3 is 9.47 Å². The molecule has 12 heavy (non-hydrogen) atoms. The van der Waals surface area contributed by atoms with Crippen molar-refractivity contribution in [2.45, 2.75) is 4.80 Å². The maximum absolute atomic E-state index is 12.6. The minimum atomic E-state index is -4.92. The quantitative estimate of drug-likeness (QED) is 0.429. The van der Waals surface area contributed by atoms with Crippen LogP contribution in [0.3, 0.4) is 0 Å². The molecule has 0 saturated carbocycles. The Balaban J connectivity index is 4.94. The molecule has 0 rings (SSSR count). The lowest BCUT2D eigenvalue weighted by atomic mass is 10.7. The third kappa shape index (κ3) is 2.10. The number of esters is 1. The number of ether oxygens (including phenoxy) is 2. The summed E-state index contributed by atoms with van der Waals surface area (Å²) < 4.78 is 31.5. The fourth-order valence-corrected chi connectivity index (χ4v) is 1.43. The molecule has 4 nitrogen and oxygen atoms in total. The number of methoxy groups -OCH3 is 2. The molecule has 0 bridgehead atoms. The fraction of sp³-hybridized carbons (Fsp3) is 0.750. The normalized spacial score (nSPS) is 20.8. The first-order valence-electron chi connectivity index (χ1n) is 2.61. The Morgan fingerprint density at radius 3 is 2.08 bits per heavy atom. The SMILES string of the molecule is COC(=O)C(Cl)(OC)P(=O)(F)Cl. The molecular formula is C4H6Cl2FO4P. The second-order valence-electron chi connectivity index (χ2n) is 1.72. The Kier molecular flexibility index (Phi) is 3.97. The van der Waals surface area contributed by atoms with Gasteiger partial charge in [-0.05, 0) is 11.2 Å². The number of hydrogen-bond acceptors (Lipinski definition) is 4. The highest BCUT2D eigenvalue weighted by molar-refractivity contribution is 7.88. The molecule has 0 aromatic rings. The zero-order valence-corrected chi connectivity index (χ0v) is 8.62. The molecule has 0 radical (unpaired) electrons. The van der Waals surface area contributed by atoms with E-state index in [0.717, 1.165) is 14.2 Å². The first-order chi connectivity index (χ1) is 5.29. The number of carbonyl (C=O) groups excluding carboxylic acids is 1. The Labute approximate surface area is 78.2 Å². The van der Waals surface area contributed by atoms with Gasteiger partial charge in [0, 0.05) is 7.11 Å². The van der Waals surface area contributed by atoms with E-state index in [9.17, 15) is 13.6 Å². The van der Waals surface area contributed by atoms with Gasteiger partial charge in [0.2, 0.25) is 0 Å². The van der Waals surface area contributed by atoms with E-state index in [2.05, 4.69) is 9.47 Å². The van der Waals surface area contributed by atoms with Crippen LogP contribution in [0.5, 0.6) is 0 Å². The highest BCUT2D eigenvalue weighted by atomic mass is 35.7. The average Bonchev–Trinajstić information content (AvgIpc) is 1.99. The number of hydrogen-bond donors (Lipinski definition) is 0. The van der Waals surface area contributed by atoms with Gasteiger partial charge in [-0.25, -0.2) is 4.79 Å². The van der Waals surface area contributed by atoms with Crippen molar-refractivity contribution < 1.29 is 23.0 Å². The maximum atomic E-state index is 12.6. The van der Waals surface area contributed by atoms with E-state index in [1.165, 1.54) is 0 Å². The molecule has 0 aliphatic heterocycles. The summed E-state index contributed by atoms with van der Waals surface area (Å²) in [6.45, 7) is -4.92. The van der Waals surface area contributed by atoms with Crippen molar-refractivity contribution in [1.82, 2.24) is 0 Å². The Morgan fingerprint density at radius 2 is 2.00 bits per heavy atom. The van der Waals surface area contributed by atoms with Crippen LogP contribution >= 0.6 is 29.6 Å². The summed E-state index contributed by atoms with van der Waals surface area (Å²) in [7, 11) is 1.82. The van der Waals surface area contributed by atoms with Crippen LogP contribution in [0.4, 0.5) is 4.20 Å². The van der Waals surface area contributed by atoms with Crippen molar-refractivity contribution in [2.75, 3.05) is 14.2 Å². The van der Waals surface area contributed by atoms with Gasteiger partial charge >= 0.3 is 17.6 Å². The molecule has 0 aromatic heterocycles. The van der Waals surface area contributed by atoms with Gasteiger partial charge in [-0.15, -0.1) is 0 Å². The van der Waals surface area contributed by atoms with Crippen molar-refractivity contribution in [3.05, 3.63) is 0 Å². The molecule has 0 N–H and O–H groups in total. The highest BCUT2D eigenvalue weighted by Gasteiger charge is 2.55. The summed E-state index contributed by atoms with van der Waals surface area (Å²) in [5.41, 5.74) is 0. The smallest absolute Gasteiger partial charge is 0.384 e. The van der Waals surface area contributed by atoms with Crippen LogP contribution in [0.1, 0.15) is 0 Å². The fourth-order valence-electron chi connectivity index (χ4n) is 0.422. The van der Waals surface area contributed by atoms with E-state index in [4.69, 9.17) is 22.8 Å². The molecule has 0 amide bonds. The topological polar surface area (TPSA) is 52.6 Å². The van der Waals surface area contributed by atoms with Crippen LogP contribution in [0.15, 0.2) is 0 Å². The molecule has 2 atom stereocenters. The molecular weight excluding hydrogens is 233 g/mol. The lowest BCUT2D eigenvalue weighted by molar-refractivity contribution is -0.150. The van der Waals surface area contributed by atoms with E-state index in [0.29, 0.717) is 0 Å². The standard InChI is InChI=1S/C4H6Cl2FO4P/c1-10-3(8)4(5,11-2)12(6,7)9/h1-2H3. The summed E-state index contributed by atoms with van der Waals surface area (Å²) in [6.07, 6.45) is 0. The summed E-state index contributed by atoms with van der Waals surface area (Å²) in [6, 6.07) is 0. The molecule has 0 fully saturated rings. The molecule has 72 valence electrons. The van der Waals surface area contributed by atoms with E-state index < -0.39 is 17.6 Å². The molecule has 2 unspecified atom stereocenters. The van der Waals surface area contributed by atoms with Crippen LogP contribution in [0.2, 0.25) is 0 Å². The molecule has 0 spiro atoms. The van der Waals surface area contributed by atoms with Gasteiger partial charge in [0.05, 0.1) is 7.11 Å². The average molecular weight is 239 g/mol. The Hall–Kier alpha value is 0.170. The summed E-state index contributed by atoms with van der Waals surface area (Å²) in [5, 5.41) is 0. The van der Waals surface area contributed by atoms with Gasteiger partial charge in [0.15, 0.2) is 0 Å². The van der Waals surface area contributed by atoms with Crippen molar-refractivity contribution in [2.24, 2.45) is 0 Å². The largest absolute Gasteiger partial charge is 0.465 e. The zero-order valence-electron chi connectivity index (χ0n) is 6.21. The van der Waals surface area contributed by atoms with Crippen molar-refractivity contribution >= 4 is 35.6 Å². The first kappa shape index (κ1) is 12.2. The van der Waals surface area contributed by atoms with E-state index in [-0.39, 0.29) is 0 Å². The highest BCUT2D eigenvalue weighted by Crippen LogP contribution is 2.66. The number of carbonyl (C=O) groups is 1. The number of alkyl halides is 1. The first-order valence-corrected chi connectivity index (χ1v) is 5.49. The predicted octanol–water partition coefficient (Wildman–Crippen LogP) is 2.10. The third-order valence-corrected chi connectivity index (χ3v) is 4.01. The summed E-state index contributed by atoms with van der Waals surface area (Å²) >= 11 is 9.93. The lowest BCUT2D eigenvalue weighted by Gasteiger charge is -2.20. The lowest BCUT2D eigenvalue weighted by Crippen LogP contribution is -2.33. The predicted molar refractivity (Wildman–Crippen MR) is 42.2 cm³/mol. The molecule has 0 aliphatic carbocycles. The maximum Gasteiger partial charge on any atom is 0.384 e. The van der Waals surface area contributed by atoms with Gasteiger partial charge in [-0.3, -0.25) is 4.57 Å². The number of rotatable bonds is 3. The third-order valence-electron chi connectivity index (χ3n) is 1.04. The molecule has 8 heteroatoms. The summed E-state index contributed by atoms with van der Waals surface area (Å²) in [5.74, 6) is -1.34. The second kappa shape index (κ2) is 3.92.